The first-order valence-corrected chi connectivity index (χ1v) is 9.49. The Labute approximate surface area is 167 Å². The van der Waals surface area contributed by atoms with Crippen LogP contribution in [0.5, 0.6) is 0 Å². The van der Waals surface area contributed by atoms with Crippen LogP contribution >= 0.6 is 0 Å². The number of hydrogen-bond acceptors (Lipinski definition) is 7. The van der Waals surface area contributed by atoms with Gasteiger partial charge < -0.3 is 25.2 Å². The van der Waals surface area contributed by atoms with Gasteiger partial charge in [0, 0.05) is 18.2 Å². The Kier molecular flexibility index (Phi) is 5.68. The molecule has 2 fully saturated rings. The summed E-state index contributed by atoms with van der Waals surface area (Å²) in [4.78, 5) is 31.4. The Morgan fingerprint density at radius 3 is 2.52 bits per heavy atom. The first-order chi connectivity index (χ1) is 14.1. The minimum Gasteiger partial charge on any atom is -0.481 e. The first kappa shape index (κ1) is 19.3. The summed E-state index contributed by atoms with van der Waals surface area (Å²) in [5.74, 6) is -0.835. The minimum absolute atomic E-state index is 0.0645. The number of carbonyl (C=O) groups excluding carboxylic acids is 1. The second-order valence-electron chi connectivity index (χ2n) is 7.05. The first-order valence-electron chi connectivity index (χ1n) is 9.49. The molecule has 1 aromatic carbocycles. The van der Waals surface area contributed by atoms with Crippen molar-refractivity contribution in [2.75, 3.05) is 18.5 Å². The van der Waals surface area contributed by atoms with Crippen LogP contribution in [0.4, 0.5) is 5.95 Å². The van der Waals surface area contributed by atoms with Crippen molar-refractivity contribution >= 4 is 17.8 Å². The lowest BCUT2D eigenvalue weighted by Crippen LogP contribution is -2.44. The van der Waals surface area contributed by atoms with E-state index in [0.717, 1.165) is 11.3 Å². The minimum atomic E-state index is -1.00. The average molecular weight is 398 g/mol. The third-order valence-electron chi connectivity index (χ3n) is 5.01. The van der Waals surface area contributed by atoms with E-state index >= 15 is 0 Å². The zero-order chi connectivity index (χ0) is 20.2. The molecule has 2 aliphatic rings. The number of anilines is 1. The number of nitrogens with zero attached hydrogens (tertiary/aromatic N) is 2. The van der Waals surface area contributed by atoms with Crippen molar-refractivity contribution < 1.29 is 24.2 Å². The van der Waals surface area contributed by atoms with Gasteiger partial charge in [0.1, 0.15) is 12.2 Å². The molecule has 2 aromatic rings. The number of rotatable bonds is 7. The zero-order valence-electron chi connectivity index (χ0n) is 15.7. The normalized spacial score (nSPS) is 25.4. The zero-order valence-corrected chi connectivity index (χ0v) is 15.7. The highest BCUT2D eigenvalue weighted by Crippen LogP contribution is 2.29. The van der Waals surface area contributed by atoms with Gasteiger partial charge in [-0.05, 0) is 6.07 Å². The molecular weight excluding hydrogens is 376 g/mol. The Morgan fingerprint density at radius 2 is 1.76 bits per heavy atom. The fourth-order valence-corrected chi connectivity index (χ4v) is 3.61. The summed E-state index contributed by atoms with van der Waals surface area (Å²) in [6.07, 6.45) is 0.896. The average Bonchev–Trinajstić information content (AvgIpc) is 3.31. The molecule has 0 radical (unpaired) electrons. The van der Waals surface area contributed by atoms with Crippen LogP contribution in [-0.2, 0) is 19.1 Å². The van der Waals surface area contributed by atoms with Crippen LogP contribution < -0.4 is 10.6 Å². The summed E-state index contributed by atoms with van der Waals surface area (Å²) < 4.78 is 11.7. The van der Waals surface area contributed by atoms with Crippen LogP contribution in [0, 0.1) is 0 Å². The second-order valence-corrected chi connectivity index (χ2v) is 7.05. The van der Waals surface area contributed by atoms with Crippen molar-refractivity contribution in [1.29, 1.82) is 0 Å². The lowest BCUT2D eigenvalue weighted by atomic mass is 10.1. The Bertz CT molecular complexity index is 878. The number of carbonyl (C=O) groups is 2. The Morgan fingerprint density at radius 1 is 1.03 bits per heavy atom. The number of ether oxygens (including phenoxy) is 2. The van der Waals surface area contributed by atoms with Gasteiger partial charge in [-0.3, -0.25) is 9.59 Å². The highest BCUT2D eigenvalue weighted by molar-refractivity contribution is 5.80. The Hall–Kier alpha value is -3.04. The number of amides is 1. The summed E-state index contributed by atoms with van der Waals surface area (Å²) in [5, 5.41) is 14.8. The highest BCUT2D eigenvalue weighted by Gasteiger charge is 2.48. The quantitative estimate of drug-likeness (QED) is 0.633. The lowest BCUT2D eigenvalue weighted by Gasteiger charge is -2.18. The molecule has 0 bridgehead atoms. The van der Waals surface area contributed by atoms with Crippen LogP contribution in [0.1, 0.15) is 12.8 Å². The van der Waals surface area contributed by atoms with Crippen LogP contribution in [0.2, 0.25) is 0 Å². The summed E-state index contributed by atoms with van der Waals surface area (Å²) in [5.41, 5.74) is 1.81. The predicted molar refractivity (Wildman–Crippen MR) is 103 cm³/mol. The van der Waals surface area contributed by atoms with Gasteiger partial charge in [0.2, 0.25) is 11.9 Å². The molecule has 4 rings (SSSR count). The van der Waals surface area contributed by atoms with E-state index in [2.05, 4.69) is 20.6 Å². The summed E-state index contributed by atoms with van der Waals surface area (Å²) in [6, 6.07) is 11.2. The number of fused-ring (bicyclic) bond motifs is 1. The molecule has 3 heterocycles. The molecule has 0 saturated carbocycles. The van der Waals surface area contributed by atoms with E-state index in [9.17, 15) is 9.59 Å². The topological polar surface area (TPSA) is 123 Å². The predicted octanol–water partition coefficient (Wildman–Crippen LogP) is 1.07. The number of hydrogen-bond donors (Lipinski definition) is 3. The van der Waals surface area contributed by atoms with Gasteiger partial charge in [0.05, 0.1) is 37.4 Å². The molecule has 29 heavy (non-hydrogen) atoms. The van der Waals surface area contributed by atoms with E-state index < -0.39 is 5.97 Å². The van der Waals surface area contributed by atoms with E-state index in [1.54, 1.807) is 6.20 Å². The van der Waals surface area contributed by atoms with Crippen molar-refractivity contribution in [2.45, 2.75) is 37.1 Å². The monoisotopic (exact) mass is 398 g/mol. The maximum atomic E-state index is 11.9. The molecule has 0 spiro atoms. The number of nitrogens with one attached hydrogen (secondary N) is 2. The number of aliphatic carboxylic acids is 1. The summed E-state index contributed by atoms with van der Waals surface area (Å²) in [7, 11) is 0. The summed E-state index contributed by atoms with van der Waals surface area (Å²) in [6.45, 7) is 0.715. The lowest BCUT2D eigenvalue weighted by molar-refractivity contribution is -0.139. The molecule has 2 saturated heterocycles. The van der Waals surface area contributed by atoms with Crippen LogP contribution in [0.15, 0.2) is 42.6 Å². The SMILES string of the molecule is O=C(O)CCC(=O)NC1COC2C(Nc3nccc(-c4ccccc4)n3)COC12. The van der Waals surface area contributed by atoms with Crippen molar-refractivity contribution in [3.63, 3.8) is 0 Å². The van der Waals surface area contributed by atoms with Gasteiger partial charge in [-0.2, -0.15) is 0 Å². The van der Waals surface area contributed by atoms with Gasteiger partial charge in [-0.1, -0.05) is 30.3 Å². The second kappa shape index (κ2) is 8.54. The third kappa shape index (κ3) is 4.52. The molecular formula is C20H22N4O5. The fraction of sp³-hybridized carbons (Fsp3) is 0.400. The Balaban J connectivity index is 1.36. The van der Waals surface area contributed by atoms with Gasteiger partial charge in [0.15, 0.2) is 0 Å². The molecule has 9 nitrogen and oxygen atoms in total. The number of benzene rings is 1. The maximum absolute atomic E-state index is 11.9. The number of carboxylic acids is 1. The number of carboxylic acid groups (broad SMARTS) is 1. The van der Waals surface area contributed by atoms with Crippen LogP contribution in [-0.4, -0.2) is 64.5 Å². The van der Waals surface area contributed by atoms with Crippen molar-refractivity contribution in [2.24, 2.45) is 0 Å². The fourth-order valence-electron chi connectivity index (χ4n) is 3.61. The van der Waals surface area contributed by atoms with Crippen molar-refractivity contribution in [3.8, 4) is 11.3 Å². The molecule has 2 aliphatic heterocycles. The van der Waals surface area contributed by atoms with Gasteiger partial charge in [-0.15, -0.1) is 0 Å². The van der Waals surface area contributed by atoms with Crippen LogP contribution in [0.25, 0.3) is 11.3 Å². The number of aromatic nitrogens is 2. The van der Waals surface area contributed by atoms with E-state index in [0.29, 0.717) is 19.2 Å². The third-order valence-corrected chi connectivity index (χ3v) is 5.01. The highest BCUT2D eigenvalue weighted by atomic mass is 16.6. The largest absolute Gasteiger partial charge is 0.481 e. The molecule has 1 aromatic heterocycles. The standard InChI is InChI=1S/C20H22N4O5/c25-16(6-7-17(26)27)22-14-10-28-19-15(11-29-18(14)19)24-20-21-9-8-13(23-20)12-4-2-1-3-5-12/h1-5,8-9,14-15,18-19H,6-7,10-11H2,(H,22,25)(H,26,27)(H,21,23,24). The van der Waals surface area contributed by atoms with Gasteiger partial charge >= 0.3 is 5.97 Å². The van der Waals surface area contributed by atoms with E-state index in [-0.39, 0.29) is 43.0 Å². The van der Waals surface area contributed by atoms with E-state index in [4.69, 9.17) is 14.6 Å². The molecule has 9 heteroatoms. The molecule has 0 aliphatic carbocycles. The molecule has 152 valence electrons. The molecule has 4 atom stereocenters. The molecule has 3 N–H and O–H groups in total. The smallest absolute Gasteiger partial charge is 0.303 e. The summed E-state index contributed by atoms with van der Waals surface area (Å²) >= 11 is 0. The van der Waals surface area contributed by atoms with Gasteiger partial charge in [0.25, 0.3) is 0 Å². The van der Waals surface area contributed by atoms with Crippen molar-refractivity contribution in [1.82, 2.24) is 15.3 Å². The molecule has 4 unspecified atom stereocenters. The van der Waals surface area contributed by atoms with E-state index in [1.807, 2.05) is 36.4 Å². The van der Waals surface area contributed by atoms with Crippen molar-refractivity contribution in [3.05, 3.63) is 42.6 Å². The maximum Gasteiger partial charge on any atom is 0.303 e. The molecule has 1 amide bonds. The van der Waals surface area contributed by atoms with Gasteiger partial charge in [-0.25, -0.2) is 9.97 Å². The van der Waals surface area contributed by atoms with Crippen LogP contribution in [0.3, 0.4) is 0 Å². The van der Waals surface area contributed by atoms with E-state index in [1.165, 1.54) is 0 Å².